The van der Waals surface area contributed by atoms with Gasteiger partial charge in [-0.05, 0) is 22.3 Å². The van der Waals surface area contributed by atoms with Gasteiger partial charge in [-0.2, -0.15) is 0 Å². The van der Waals surface area contributed by atoms with Gasteiger partial charge in [-0.15, -0.1) is 0 Å². The maximum Gasteiger partial charge on any atom is 0.124 e. The largest absolute Gasteiger partial charge is 0.550 e. The minimum atomic E-state index is -1.63. The minimum absolute atomic E-state index is 0.465. The summed E-state index contributed by atoms with van der Waals surface area (Å²) in [5.41, 5.74) is 1.25. The average molecular weight is 329 g/mol. The van der Waals surface area contributed by atoms with Gasteiger partial charge in [-0.25, -0.2) is 0 Å². The third-order valence-electron chi connectivity index (χ3n) is 5.12. The lowest BCUT2D eigenvalue weighted by Gasteiger charge is -2.35. The van der Waals surface area contributed by atoms with Crippen molar-refractivity contribution in [3.8, 4) is 0 Å². The van der Waals surface area contributed by atoms with Gasteiger partial charge in [0.2, 0.25) is 0 Å². The van der Waals surface area contributed by atoms with E-state index in [1.165, 1.54) is 0 Å². The van der Waals surface area contributed by atoms with Crippen molar-refractivity contribution in [3.63, 3.8) is 0 Å². The maximum atomic E-state index is 12.2. The van der Waals surface area contributed by atoms with Crippen LogP contribution in [-0.2, 0) is 10.4 Å². The molecule has 1 aliphatic carbocycles. The molecule has 25 heavy (non-hydrogen) atoms. The highest BCUT2D eigenvalue weighted by Gasteiger charge is 2.53. The molecule has 124 valence electrons. The summed E-state index contributed by atoms with van der Waals surface area (Å²) in [7, 11) is 0. The molecule has 3 aromatic carbocycles. The number of hydrogen-bond acceptors (Lipinski definition) is 3. The Morgan fingerprint density at radius 2 is 1.40 bits per heavy atom. The predicted octanol–water partition coefficient (Wildman–Crippen LogP) is 2.43. The van der Waals surface area contributed by atoms with Gasteiger partial charge in [-0.1, -0.05) is 84.9 Å². The Labute approximate surface area is 146 Å². The Morgan fingerprint density at radius 1 is 0.840 bits per heavy atom. The molecule has 0 fully saturated rings. The average Bonchev–Trinajstić information content (AvgIpc) is 2.94. The van der Waals surface area contributed by atoms with E-state index < -0.39 is 23.4 Å². The van der Waals surface area contributed by atoms with Crippen molar-refractivity contribution >= 4 is 5.97 Å². The first kappa shape index (κ1) is 15.6. The van der Waals surface area contributed by atoms with Crippen LogP contribution in [0, 0.1) is 5.92 Å². The standard InChI is InChI=1S/C22H18O3/c23-21(24)20-19(15-9-3-1-4-10-15)17-13-7-8-14-18(17)22(20,25)16-11-5-2-6-12-16/h1-14,19-20,25H,(H,23,24)/p-1. The Hall–Kier alpha value is -2.91. The Morgan fingerprint density at radius 3 is 2.04 bits per heavy atom. The molecule has 1 N–H and O–H groups in total. The summed E-state index contributed by atoms with van der Waals surface area (Å²) in [5.74, 6) is -2.82. The fraction of sp³-hybridized carbons (Fsp3) is 0.136. The predicted molar refractivity (Wildman–Crippen MR) is 92.7 cm³/mol. The topological polar surface area (TPSA) is 60.4 Å². The normalized spacial score (nSPS) is 24.7. The van der Waals surface area contributed by atoms with E-state index in [9.17, 15) is 15.0 Å². The summed E-state index contributed by atoms with van der Waals surface area (Å²) in [6, 6.07) is 25.8. The number of aliphatic hydroxyl groups is 1. The molecule has 0 heterocycles. The van der Waals surface area contributed by atoms with E-state index in [2.05, 4.69) is 0 Å². The molecule has 3 nitrogen and oxygen atoms in total. The number of carbonyl (C=O) groups excluding carboxylic acids is 1. The molecule has 0 aliphatic heterocycles. The molecule has 0 aromatic heterocycles. The second kappa shape index (κ2) is 5.87. The molecule has 0 spiro atoms. The van der Waals surface area contributed by atoms with E-state index in [0.717, 1.165) is 11.1 Å². The number of benzene rings is 3. The number of carboxylic acids is 1. The van der Waals surface area contributed by atoms with E-state index in [0.29, 0.717) is 11.1 Å². The van der Waals surface area contributed by atoms with Crippen molar-refractivity contribution in [3.05, 3.63) is 107 Å². The van der Waals surface area contributed by atoms with E-state index in [1.807, 2.05) is 54.6 Å². The summed E-state index contributed by atoms with van der Waals surface area (Å²) in [4.78, 5) is 12.2. The van der Waals surface area contributed by atoms with E-state index in [4.69, 9.17) is 0 Å². The molecule has 3 atom stereocenters. The highest BCUT2D eigenvalue weighted by Crippen LogP contribution is 2.54. The highest BCUT2D eigenvalue weighted by molar-refractivity contribution is 5.77. The van der Waals surface area contributed by atoms with E-state index >= 15 is 0 Å². The van der Waals surface area contributed by atoms with Gasteiger partial charge >= 0.3 is 0 Å². The molecule has 1 aliphatic rings. The number of aliphatic carboxylic acids is 1. The van der Waals surface area contributed by atoms with Crippen molar-refractivity contribution in [1.29, 1.82) is 0 Å². The monoisotopic (exact) mass is 329 g/mol. The fourth-order valence-electron chi connectivity index (χ4n) is 4.07. The third kappa shape index (κ3) is 2.28. The number of carboxylic acid groups (broad SMARTS) is 1. The summed E-state index contributed by atoms with van der Waals surface area (Å²) in [5, 5.41) is 23.8. The molecule has 0 saturated heterocycles. The van der Waals surface area contributed by atoms with Crippen LogP contribution in [-0.4, -0.2) is 11.1 Å². The Bertz CT molecular complexity index is 905. The van der Waals surface area contributed by atoms with Crippen LogP contribution in [0.3, 0.4) is 0 Å². The van der Waals surface area contributed by atoms with Gasteiger partial charge in [0.1, 0.15) is 5.60 Å². The zero-order valence-electron chi connectivity index (χ0n) is 13.5. The first-order valence-corrected chi connectivity index (χ1v) is 8.27. The molecule has 3 heteroatoms. The molecular formula is C22H17O3-. The number of hydrogen-bond donors (Lipinski definition) is 1. The molecule has 3 aromatic rings. The van der Waals surface area contributed by atoms with Crippen LogP contribution in [0.2, 0.25) is 0 Å². The van der Waals surface area contributed by atoms with Crippen LogP contribution in [0.4, 0.5) is 0 Å². The van der Waals surface area contributed by atoms with Crippen molar-refractivity contribution in [2.45, 2.75) is 11.5 Å². The van der Waals surface area contributed by atoms with Gasteiger partial charge < -0.3 is 15.0 Å². The van der Waals surface area contributed by atoms with Crippen molar-refractivity contribution in [2.75, 3.05) is 0 Å². The Kier molecular flexibility index (Phi) is 3.66. The van der Waals surface area contributed by atoms with Crippen LogP contribution in [0.15, 0.2) is 84.9 Å². The van der Waals surface area contributed by atoms with Gasteiger partial charge in [0.05, 0.1) is 0 Å². The van der Waals surface area contributed by atoms with Gasteiger partial charge in [0.15, 0.2) is 0 Å². The number of carbonyl (C=O) groups is 1. The van der Waals surface area contributed by atoms with Gasteiger partial charge in [-0.3, -0.25) is 0 Å². The van der Waals surface area contributed by atoms with Crippen LogP contribution in [0.25, 0.3) is 0 Å². The lowest BCUT2D eigenvalue weighted by molar-refractivity contribution is -0.316. The van der Waals surface area contributed by atoms with Crippen LogP contribution >= 0.6 is 0 Å². The molecule has 4 rings (SSSR count). The summed E-state index contributed by atoms with van der Waals surface area (Å²) in [6.45, 7) is 0. The molecular weight excluding hydrogens is 312 g/mol. The third-order valence-corrected chi connectivity index (χ3v) is 5.12. The molecule has 0 saturated carbocycles. The fourth-order valence-corrected chi connectivity index (χ4v) is 4.07. The Balaban J connectivity index is 2.01. The second-order valence-corrected chi connectivity index (χ2v) is 6.40. The zero-order chi connectivity index (χ0) is 17.4. The van der Waals surface area contributed by atoms with Crippen molar-refractivity contribution in [2.24, 2.45) is 5.92 Å². The summed E-state index contributed by atoms with van der Waals surface area (Å²) < 4.78 is 0. The highest BCUT2D eigenvalue weighted by atomic mass is 16.4. The van der Waals surface area contributed by atoms with Crippen LogP contribution < -0.4 is 5.11 Å². The molecule has 0 amide bonds. The second-order valence-electron chi connectivity index (χ2n) is 6.40. The zero-order valence-corrected chi connectivity index (χ0v) is 13.5. The lowest BCUT2D eigenvalue weighted by atomic mass is 9.76. The number of fused-ring (bicyclic) bond motifs is 1. The number of rotatable bonds is 3. The van der Waals surface area contributed by atoms with Crippen LogP contribution in [0.1, 0.15) is 28.2 Å². The minimum Gasteiger partial charge on any atom is -0.550 e. The SMILES string of the molecule is O=C([O-])C1C(c2ccccc2)c2ccccc2C1(O)c1ccccc1. The van der Waals surface area contributed by atoms with Gasteiger partial charge in [0, 0.05) is 17.8 Å². The first-order chi connectivity index (χ1) is 12.1. The summed E-state index contributed by atoms with van der Waals surface area (Å²) >= 11 is 0. The van der Waals surface area contributed by atoms with E-state index in [1.54, 1.807) is 30.3 Å². The maximum absolute atomic E-state index is 12.2. The van der Waals surface area contributed by atoms with Crippen molar-refractivity contribution < 1.29 is 15.0 Å². The van der Waals surface area contributed by atoms with Crippen molar-refractivity contribution in [1.82, 2.24) is 0 Å². The van der Waals surface area contributed by atoms with E-state index in [-0.39, 0.29) is 0 Å². The lowest BCUT2D eigenvalue weighted by Crippen LogP contribution is -2.45. The smallest absolute Gasteiger partial charge is 0.124 e. The van der Waals surface area contributed by atoms with Gasteiger partial charge in [0.25, 0.3) is 0 Å². The molecule has 0 radical (unpaired) electrons. The molecule has 3 unspecified atom stereocenters. The molecule has 0 bridgehead atoms. The van der Waals surface area contributed by atoms with Crippen LogP contribution in [0.5, 0.6) is 0 Å². The summed E-state index contributed by atoms with van der Waals surface area (Å²) in [6.07, 6.45) is 0. The quantitative estimate of drug-likeness (QED) is 0.803. The first-order valence-electron chi connectivity index (χ1n) is 8.27.